The van der Waals surface area contributed by atoms with Crippen molar-refractivity contribution in [3.05, 3.63) is 71.7 Å². The molecule has 0 aliphatic heterocycles. The van der Waals surface area contributed by atoms with Crippen molar-refractivity contribution >= 4 is 11.6 Å². The number of imidazole rings is 1. The van der Waals surface area contributed by atoms with Gasteiger partial charge < -0.3 is 9.72 Å². The summed E-state index contributed by atoms with van der Waals surface area (Å²) in [5.41, 5.74) is 3.75. The van der Waals surface area contributed by atoms with Crippen molar-refractivity contribution in [1.29, 1.82) is 0 Å². The van der Waals surface area contributed by atoms with E-state index in [1.54, 1.807) is 0 Å². The van der Waals surface area contributed by atoms with Gasteiger partial charge in [-0.3, -0.25) is 4.79 Å². The summed E-state index contributed by atoms with van der Waals surface area (Å²) in [4.78, 5) is 17.2. The van der Waals surface area contributed by atoms with Crippen LogP contribution < -0.4 is 5.32 Å². The Morgan fingerprint density at radius 1 is 1.22 bits per heavy atom. The molecule has 4 heteroatoms. The van der Waals surface area contributed by atoms with Gasteiger partial charge in [-0.05, 0) is 37.0 Å². The van der Waals surface area contributed by atoms with Gasteiger partial charge in [0.1, 0.15) is 5.65 Å². The molecule has 0 spiro atoms. The molecule has 4 rings (SSSR count). The lowest BCUT2D eigenvalue weighted by molar-refractivity contribution is -0.123. The molecule has 2 heterocycles. The van der Waals surface area contributed by atoms with Crippen LogP contribution in [0, 0.1) is 6.92 Å². The van der Waals surface area contributed by atoms with Crippen LogP contribution in [-0.2, 0) is 16.8 Å². The second-order valence-corrected chi connectivity index (χ2v) is 6.29. The molecule has 1 aromatic carbocycles. The number of hydrogen-bond acceptors (Lipinski definition) is 2. The summed E-state index contributed by atoms with van der Waals surface area (Å²) >= 11 is 0. The van der Waals surface area contributed by atoms with Gasteiger partial charge in [0.25, 0.3) is 0 Å². The summed E-state index contributed by atoms with van der Waals surface area (Å²) in [5, 5.41) is 3.07. The van der Waals surface area contributed by atoms with E-state index < -0.39 is 0 Å². The maximum atomic E-state index is 12.6. The summed E-state index contributed by atoms with van der Waals surface area (Å²) in [6, 6.07) is 14.1. The van der Waals surface area contributed by atoms with Crippen LogP contribution in [0.25, 0.3) is 5.65 Å². The number of nitrogens with zero attached hydrogens (tertiary/aromatic N) is 2. The van der Waals surface area contributed by atoms with E-state index in [2.05, 4.69) is 10.3 Å². The Kier molecular flexibility index (Phi) is 3.18. The topological polar surface area (TPSA) is 46.4 Å². The fraction of sp³-hybridized carbons (Fsp3) is 0.263. The lowest BCUT2D eigenvalue weighted by atomic mass is 9.95. The first kappa shape index (κ1) is 14.0. The Morgan fingerprint density at radius 2 is 2.00 bits per heavy atom. The van der Waals surface area contributed by atoms with E-state index in [1.807, 2.05) is 66.2 Å². The first-order valence-corrected chi connectivity index (χ1v) is 7.96. The molecule has 1 fully saturated rings. The highest BCUT2D eigenvalue weighted by atomic mass is 16.2. The van der Waals surface area contributed by atoms with Crippen molar-refractivity contribution in [2.75, 3.05) is 0 Å². The fourth-order valence-corrected chi connectivity index (χ4v) is 3.16. The zero-order chi connectivity index (χ0) is 15.9. The lowest BCUT2D eigenvalue weighted by Crippen LogP contribution is -2.34. The van der Waals surface area contributed by atoms with Crippen LogP contribution in [-0.4, -0.2) is 15.3 Å². The molecule has 0 saturated heterocycles. The molecule has 0 atom stereocenters. The molecule has 4 nitrogen and oxygen atoms in total. The Balaban J connectivity index is 1.50. The number of nitrogens with one attached hydrogen (secondary N) is 1. The van der Waals surface area contributed by atoms with Crippen molar-refractivity contribution < 1.29 is 4.79 Å². The molecule has 0 radical (unpaired) electrons. The highest BCUT2D eigenvalue weighted by molar-refractivity contribution is 5.91. The average Bonchev–Trinajstić information content (AvgIpc) is 3.28. The van der Waals surface area contributed by atoms with Gasteiger partial charge in [0.2, 0.25) is 5.91 Å². The second-order valence-electron chi connectivity index (χ2n) is 6.29. The molecule has 1 saturated carbocycles. The zero-order valence-electron chi connectivity index (χ0n) is 13.1. The average molecular weight is 305 g/mol. The van der Waals surface area contributed by atoms with Crippen LogP contribution in [0.15, 0.2) is 54.9 Å². The molecule has 2 aromatic heterocycles. The molecular weight excluding hydrogens is 286 g/mol. The molecule has 1 N–H and O–H groups in total. The van der Waals surface area contributed by atoms with E-state index >= 15 is 0 Å². The SMILES string of the molecule is Cc1cccn2cc(CNC(=O)C3(c4ccccc4)CC3)nc12. The third-order valence-corrected chi connectivity index (χ3v) is 4.67. The number of carbonyl (C=O) groups is 1. The van der Waals surface area contributed by atoms with Gasteiger partial charge in [0.05, 0.1) is 17.7 Å². The summed E-state index contributed by atoms with van der Waals surface area (Å²) in [6.45, 7) is 2.51. The van der Waals surface area contributed by atoms with Crippen LogP contribution in [0.3, 0.4) is 0 Å². The number of hydrogen-bond donors (Lipinski definition) is 1. The number of amides is 1. The van der Waals surface area contributed by atoms with E-state index in [0.717, 1.165) is 35.3 Å². The Bertz CT molecular complexity index is 863. The van der Waals surface area contributed by atoms with Gasteiger partial charge in [0.15, 0.2) is 0 Å². The first-order chi connectivity index (χ1) is 11.2. The third-order valence-electron chi connectivity index (χ3n) is 4.67. The summed E-state index contributed by atoms with van der Waals surface area (Å²) in [6.07, 6.45) is 5.80. The summed E-state index contributed by atoms with van der Waals surface area (Å²) < 4.78 is 2.00. The highest BCUT2D eigenvalue weighted by Gasteiger charge is 2.50. The smallest absolute Gasteiger partial charge is 0.230 e. The van der Waals surface area contributed by atoms with E-state index in [4.69, 9.17) is 0 Å². The molecule has 116 valence electrons. The lowest BCUT2D eigenvalue weighted by Gasteiger charge is -2.15. The van der Waals surface area contributed by atoms with Gasteiger partial charge in [-0.2, -0.15) is 0 Å². The number of aryl methyl sites for hydroxylation is 1. The maximum Gasteiger partial charge on any atom is 0.230 e. The number of aromatic nitrogens is 2. The Morgan fingerprint density at radius 3 is 2.70 bits per heavy atom. The van der Waals surface area contributed by atoms with Crippen LogP contribution >= 0.6 is 0 Å². The minimum Gasteiger partial charge on any atom is -0.350 e. The van der Waals surface area contributed by atoms with Crippen molar-refractivity contribution in [1.82, 2.24) is 14.7 Å². The van der Waals surface area contributed by atoms with E-state index in [1.165, 1.54) is 0 Å². The van der Waals surface area contributed by atoms with Gasteiger partial charge in [0, 0.05) is 12.4 Å². The van der Waals surface area contributed by atoms with Gasteiger partial charge in [-0.25, -0.2) is 4.98 Å². The molecule has 0 bridgehead atoms. The molecular formula is C19H19N3O. The number of benzene rings is 1. The highest BCUT2D eigenvalue weighted by Crippen LogP contribution is 2.48. The molecule has 1 aliphatic carbocycles. The normalized spacial score (nSPS) is 15.5. The van der Waals surface area contributed by atoms with Gasteiger partial charge in [-0.15, -0.1) is 0 Å². The minimum atomic E-state index is -0.323. The monoisotopic (exact) mass is 305 g/mol. The molecule has 23 heavy (non-hydrogen) atoms. The quantitative estimate of drug-likeness (QED) is 0.805. The predicted octanol–water partition coefficient (Wildman–Crippen LogP) is 2.99. The molecule has 1 aliphatic rings. The largest absolute Gasteiger partial charge is 0.350 e. The van der Waals surface area contributed by atoms with E-state index in [0.29, 0.717) is 6.54 Å². The molecule has 1 amide bonds. The third kappa shape index (κ3) is 2.40. The fourth-order valence-electron chi connectivity index (χ4n) is 3.16. The van der Waals surface area contributed by atoms with E-state index in [9.17, 15) is 4.79 Å². The second kappa shape index (κ2) is 5.23. The minimum absolute atomic E-state index is 0.109. The summed E-state index contributed by atoms with van der Waals surface area (Å²) in [5.74, 6) is 0.109. The number of fused-ring (bicyclic) bond motifs is 1. The van der Waals surface area contributed by atoms with Gasteiger partial charge >= 0.3 is 0 Å². The van der Waals surface area contributed by atoms with Crippen LogP contribution in [0.2, 0.25) is 0 Å². The Hall–Kier alpha value is -2.62. The van der Waals surface area contributed by atoms with Gasteiger partial charge in [-0.1, -0.05) is 36.4 Å². The number of pyridine rings is 1. The van der Waals surface area contributed by atoms with Crippen LogP contribution in [0.1, 0.15) is 29.7 Å². The number of carbonyl (C=O) groups excluding carboxylic acids is 1. The van der Waals surface area contributed by atoms with E-state index in [-0.39, 0.29) is 11.3 Å². The Labute approximate surface area is 135 Å². The van der Waals surface area contributed by atoms with Crippen molar-refractivity contribution in [3.8, 4) is 0 Å². The maximum absolute atomic E-state index is 12.6. The van der Waals surface area contributed by atoms with Crippen molar-refractivity contribution in [2.45, 2.75) is 31.7 Å². The molecule has 0 unspecified atom stereocenters. The predicted molar refractivity (Wildman–Crippen MR) is 89.1 cm³/mol. The standard InChI is InChI=1S/C19H19N3O/c1-14-6-5-11-22-13-16(21-17(14)22)12-20-18(23)19(9-10-19)15-7-3-2-4-8-15/h2-8,11,13H,9-10,12H2,1H3,(H,20,23). The zero-order valence-corrected chi connectivity index (χ0v) is 13.1. The number of rotatable bonds is 4. The van der Waals surface area contributed by atoms with Crippen molar-refractivity contribution in [2.24, 2.45) is 0 Å². The molecule has 3 aromatic rings. The van der Waals surface area contributed by atoms with Crippen LogP contribution in [0.5, 0.6) is 0 Å². The van der Waals surface area contributed by atoms with Crippen molar-refractivity contribution in [3.63, 3.8) is 0 Å². The first-order valence-electron chi connectivity index (χ1n) is 7.96. The van der Waals surface area contributed by atoms with Crippen LogP contribution in [0.4, 0.5) is 0 Å². The summed E-state index contributed by atoms with van der Waals surface area (Å²) in [7, 11) is 0.